The summed E-state index contributed by atoms with van der Waals surface area (Å²) in [7, 11) is 0. The highest BCUT2D eigenvalue weighted by atomic mass is 19.1. The van der Waals surface area contributed by atoms with Gasteiger partial charge in [0.05, 0.1) is 19.3 Å². The molecule has 1 heterocycles. The molecule has 0 radical (unpaired) electrons. The number of amides is 1. The number of hydrogen-bond donors (Lipinski definition) is 2. The van der Waals surface area contributed by atoms with Crippen LogP contribution in [0.4, 0.5) is 4.39 Å². The molecule has 92 valence electrons. The summed E-state index contributed by atoms with van der Waals surface area (Å²) < 4.78 is 18.9. The second-order valence-electron chi connectivity index (χ2n) is 3.96. The van der Waals surface area contributed by atoms with E-state index in [1.165, 1.54) is 6.07 Å². The fraction of sp³-hybridized carbons (Fsp3) is 0.417. The molecule has 5 heteroatoms. The molecule has 1 unspecified atom stereocenters. The summed E-state index contributed by atoms with van der Waals surface area (Å²) in [5, 5.41) is 5.69. The lowest BCUT2D eigenvalue weighted by Crippen LogP contribution is -2.32. The molecule has 1 aromatic rings. The van der Waals surface area contributed by atoms with Crippen molar-refractivity contribution >= 4 is 5.91 Å². The molecule has 0 spiro atoms. The molecule has 2 rings (SSSR count). The van der Waals surface area contributed by atoms with Crippen molar-refractivity contribution in [2.24, 2.45) is 0 Å². The zero-order chi connectivity index (χ0) is 12.1. The Morgan fingerprint density at radius 1 is 1.35 bits per heavy atom. The van der Waals surface area contributed by atoms with Gasteiger partial charge in [-0.2, -0.15) is 0 Å². The predicted octanol–water partition coefficient (Wildman–Crippen LogP) is 0.430. The van der Waals surface area contributed by atoms with Crippen molar-refractivity contribution in [1.29, 1.82) is 0 Å². The van der Waals surface area contributed by atoms with Gasteiger partial charge < -0.3 is 15.4 Å². The Hall–Kier alpha value is -1.46. The van der Waals surface area contributed by atoms with Crippen molar-refractivity contribution in [3.8, 4) is 0 Å². The molecule has 1 fully saturated rings. The summed E-state index contributed by atoms with van der Waals surface area (Å²) in [4.78, 5) is 11.1. The molecule has 0 aliphatic carbocycles. The Bertz CT molecular complexity index is 398. The highest BCUT2D eigenvalue weighted by Crippen LogP contribution is 2.09. The first-order valence-corrected chi connectivity index (χ1v) is 5.58. The van der Waals surface area contributed by atoms with Gasteiger partial charge in [-0.15, -0.1) is 0 Å². The minimum atomic E-state index is -0.266. The van der Waals surface area contributed by atoms with Crippen LogP contribution in [0.3, 0.4) is 0 Å². The van der Waals surface area contributed by atoms with E-state index < -0.39 is 0 Å². The second-order valence-corrected chi connectivity index (χ2v) is 3.96. The Labute approximate surface area is 99.2 Å². The average molecular weight is 238 g/mol. The van der Waals surface area contributed by atoms with Crippen molar-refractivity contribution < 1.29 is 13.9 Å². The van der Waals surface area contributed by atoms with Crippen molar-refractivity contribution in [3.63, 3.8) is 0 Å². The Morgan fingerprint density at radius 2 is 2.18 bits per heavy atom. The fourth-order valence-corrected chi connectivity index (χ4v) is 1.65. The first-order valence-electron chi connectivity index (χ1n) is 5.58. The summed E-state index contributed by atoms with van der Waals surface area (Å²) in [5.41, 5.74) is 0.531. The zero-order valence-corrected chi connectivity index (χ0v) is 9.41. The van der Waals surface area contributed by atoms with E-state index in [1.54, 1.807) is 18.2 Å². The summed E-state index contributed by atoms with van der Waals surface area (Å²) in [6.45, 7) is 1.57. The molecule has 1 saturated heterocycles. The topological polar surface area (TPSA) is 50.4 Å². The molecule has 17 heavy (non-hydrogen) atoms. The van der Waals surface area contributed by atoms with Gasteiger partial charge in [0.2, 0.25) is 5.91 Å². The van der Waals surface area contributed by atoms with Gasteiger partial charge in [0, 0.05) is 18.7 Å². The van der Waals surface area contributed by atoms with Crippen LogP contribution < -0.4 is 10.6 Å². The van der Waals surface area contributed by atoms with E-state index in [0.29, 0.717) is 25.2 Å². The molecular weight excluding hydrogens is 223 g/mol. The number of halogens is 1. The molecule has 0 bridgehead atoms. The van der Waals surface area contributed by atoms with Gasteiger partial charge in [0.1, 0.15) is 5.82 Å². The molecular formula is C12H15FN2O2. The maximum Gasteiger partial charge on any atom is 0.234 e. The molecule has 0 saturated carbocycles. The summed E-state index contributed by atoms with van der Waals surface area (Å²) >= 11 is 0. The van der Waals surface area contributed by atoms with Crippen LogP contribution in [0.1, 0.15) is 5.56 Å². The van der Waals surface area contributed by atoms with Crippen molar-refractivity contribution in [1.82, 2.24) is 10.6 Å². The number of hydrogen-bond acceptors (Lipinski definition) is 3. The number of carbonyl (C=O) groups excluding carboxylic acids is 1. The number of ether oxygens (including phenoxy) is 1. The van der Waals surface area contributed by atoms with Gasteiger partial charge >= 0.3 is 0 Å². The fourth-order valence-electron chi connectivity index (χ4n) is 1.65. The van der Waals surface area contributed by atoms with Crippen LogP contribution in [0.5, 0.6) is 0 Å². The summed E-state index contributed by atoms with van der Waals surface area (Å²) in [6.07, 6.45) is -0.124. The molecule has 1 aliphatic rings. The highest BCUT2D eigenvalue weighted by Gasteiger charge is 2.15. The molecule has 1 amide bonds. The van der Waals surface area contributed by atoms with Crippen molar-refractivity contribution in [3.05, 3.63) is 35.6 Å². The SMILES string of the molecule is O=C1CNCC(OCc2ccccc2F)CN1. The van der Waals surface area contributed by atoms with E-state index in [-0.39, 0.29) is 24.4 Å². The highest BCUT2D eigenvalue weighted by molar-refractivity contribution is 5.78. The van der Waals surface area contributed by atoms with Crippen molar-refractivity contribution in [2.75, 3.05) is 19.6 Å². The van der Waals surface area contributed by atoms with Crippen LogP contribution in [-0.2, 0) is 16.1 Å². The smallest absolute Gasteiger partial charge is 0.234 e. The first-order chi connectivity index (χ1) is 8.25. The van der Waals surface area contributed by atoms with Crippen LogP contribution in [0.25, 0.3) is 0 Å². The average Bonchev–Trinajstić information content (AvgIpc) is 2.53. The molecule has 1 atom stereocenters. The van der Waals surface area contributed by atoms with Gasteiger partial charge in [0.25, 0.3) is 0 Å². The number of carbonyl (C=O) groups is 1. The minimum absolute atomic E-state index is 0.0398. The van der Waals surface area contributed by atoms with E-state index >= 15 is 0 Å². The van der Waals surface area contributed by atoms with Crippen LogP contribution in [0.15, 0.2) is 24.3 Å². The second kappa shape index (κ2) is 5.75. The Balaban J connectivity index is 1.85. The molecule has 1 aliphatic heterocycles. The van der Waals surface area contributed by atoms with Gasteiger partial charge in [-0.05, 0) is 6.07 Å². The Kier molecular flexibility index (Phi) is 4.06. The quantitative estimate of drug-likeness (QED) is 0.803. The maximum atomic E-state index is 13.3. The number of benzene rings is 1. The Morgan fingerprint density at radius 3 is 3.00 bits per heavy atom. The lowest BCUT2D eigenvalue weighted by Gasteiger charge is -2.15. The standard InChI is InChI=1S/C12H15FN2O2/c13-11-4-2-1-3-9(11)8-17-10-5-14-7-12(16)15-6-10/h1-4,10,14H,5-8H2,(H,15,16). The van der Waals surface area contributed by atoms with Crippen LogP contribution in [0.2, 0.25) is 0 Å². The van der Waals surface area contributed by atoms with Crippen LogP contribution in [-0.4, -0.2) is 31.6 Å². The minimum Gasteiger partial charge on any atom is -0.370 e. The summed E-state index contributed by atoms with van der Waals surface area (Å²) in [6, 6.07) is 6.52. The van der Waals surface area contributed by atoms with Gasteiger partial charge in [0.15, 0.2) is 0 Å². The third kappa shape index (κ3) is 3.51. The van der Waals surface area contributed by atoms with Crippen molar-refractivity contribution in [2.45, 2.75) is 12.7 Å². The van der Waals surface area contributed by atoms with E-state index in [2.05, 4.69) is 10.6 Å². The normalized spacial score (nSPS) is 20.8. The van der Waals surface area contributed by atoms with Gasteiger partial charge in [-0.25, -0.2) is 4.39 Å². The lowest BCUT2D eigenvalue weighted by atomic mass is 10.2. The van der Waals surface area contributed by atoms with Crippen LogP contribution >= 0.6 is 0 Å². The predicted molar refractivity (Wildman–Crippen MR) is 60.9 cm³/mol. The van der Waals surface area contributed by atoms with Gasteiger partial charge in [-0.1, -0.05) is 18.2 Å². The first kappa shape index (κ1) is 12.0. The van der Waals surface area contributed by atoms with E-state index in [4.69, 9.17) is 4.74 Å². The van der Waals surface area contributed by atoms with E-state index in [0.717, 1.165) is 0 Å². The summed E-state index contributed by atoms with van der Waals surface area (Å²) in [5.74, 6) is -0.305. The molecule has 1 aromatic carbocycles. The third-order valence-electron chi connectivity index (χ3n) is 2.62. The van der Waals surface area contributed by atoms with Gasteiger partial charge in [-0.3, -0.25) is 4.79 Å². The largest absolute Gasteiger partial charge is 0.370 e. The lowest BCUT2D eigenvalue weighted by molar-refractivity contribution is -0.120. The molecule has 2 N–H and O–H groups in total. The molecule has 4 nitrogen and oxygen atoms in total. The zero-order valence-electron chi connectivity index (χ0n) is 9.41. The molecule has 0 aromatic heterocycles. The number of rotatable bonds is 3. The monoisotopic (exact) mass is 238 g/mol. The third-order valence-corrected chi connectivity index (χ3v) is 2.62. The maximum absolute atomic E-state index is 13.3. The number of nitrogens with one attached hydrogen (secondary N) is 2. The van der Waals surface area contributed by atoms with E-state index in [9.17, 15) is 9.18 Å². The van der Waals surface area contributed by atoms with Crippen LogP contribution in [0, 0.1) is 5.82 Å². The van der Waals surface area contributed by atoms with E-state index in [1.807, 2.05) is 0 Å².